The van der Waals surface area contributed by atoms with Gasteiger partial charge in [0.2, 0.25) is 0 Å². The molecule has 132 valence electrons. The topological polar surface area (TPSA) is 71.1 Å². The third kappa shape index (κ3) is 4.29. The fourth-order valence-corrected chi connectivity index (χ4v) is 4.70. The van der Waals surface area contributed by atoms with E-state index < -0.39 is 20.2 Å². The Morgan fingerprint density at radius 3 is 2.26 bits per heavy atom. The quantitative estimate of drug-likeness (QED) is 0.178. The molecule has 0 spiro atoms. The van der Waals surface area contributed by atoms with Crippen molar-refractivity contribution < 1.29 is 27.6 Å². The lowest BCUT2D eigenvalue weighted by molar-refractivity contribution is -0.154. The van der Waals surface area contributed by atoms with Crippen LogP contribution in [0.3, 0.4) is 0 Å². The molecule has 0 aliphatic heterocycles. The molecule has 0 aromatic heterocycles. The summed E-state index contributed by atoms with van der Waals surface area (Å²) in [7, 11) is 2.11. The van der Waals surface area contributed by atoms with Gasteiger partial charge in [0.1, 0.15) is 5.41 Å². The summed E-state index contributed by atoms with van der Waals surface area (Å²) in [6.07, 6.45) is 3.93. The van der Waals surface area contributed by atoms with E-state index in [9.17, 15) is 9.59 Å². The van der Waals surface area contributed by atoms with Crippen LogP contribution in [0, 0.1) is 11.3 Å². The van der Waals surface area contributed by atoms with Gasteiger partial charge in [0.25, 0.3) is 0 Å². The zero-order valence-electron chi connectivity index (χ0n) is 14.6. The van der Waals surface area contributed by atoms with Gasteiger partial charge in [0.05, 0.1) is 6.61 Å². The summed E-state index contributed by atoms with van der Waals surface area (Å²) in [5.41, 5.74) is -0.990. The number of ketones is 1. The van der Waals surface area contributed by atoms with E-state index in [1.165, 1.54) is 0 Å². The third-order valence-corrected chi connectivity index (χ3v) is 7.34. The fourth-order valence-electron chi connectivity index (χ4n) is 2.91. The van der Waals surface area contributed by atoms with Crippen molar-refractivity contribution in [1.82, 2.24) is 0 Å². The molecular formula is C16H28O6Si. The van der Waals surface area contributed by atoms with Gasteiger partial charge in [-0.2, -0.15) is 0 Å². The fraction of sp³-hybridized carbons (Fsp3) is 0.750. The number of allylic oxidation sites excluding steroid dienone is 1. The van der Waals surface area contributed by atoms with E-state index in [0.717, 1.165) is 6.42 Å². The van der Waals surface area contributed by atoms with Gasteiger partial charge >= 0.3 is 14.8 Å². The van der Waals surface area contributed by atoms with Gasteiger partial charge in [-0.1, -0.05) is 6.08 Å². The predicted molar refractivity (Wildman–Crippen MR) is 87.8 cm³/mol. The smallest absolute Gasteiger partial charge is 0.465 e. The lowest BCUT2D eigenvalue weighted by Gasteiger charge is -2.24. The summed E-state index contributed by atoms with van der Waals surface area (Å²) in [5, 5.41) is 0. The molecule has 7 heteroatoms. The molecule has 1 fully saturated rings. The van der Waals surface area contributed by atoms with Crippen LogP contribution in [0.15, 0.2) is 12.7 Å². The number of hydrogen-bond acceptors (Lipinski definition) is 6. The lowest BCUT2D eigenvalue weighted by atomic mass is 9.94. The van der Waals surface area contributed by atoms with Gasteiger partial charge in [-0.25, -0.2) is 0 Å². The number of ether oxygens (including phenoxy) is 1. The minimum Gasteiger partial charge on any atom is -0.465 e. The number of carbonyl (C=O) groups is 2. The SMILES string of the molecule is C=CC1CC1(C(=O)CCCC[Si](OC)(OC)OC)C(=O)OCC. The Morgan fingerprint density at radius 2 is 1.83 bits per heavy atom. The van der Waals surface area contributed by atoms with Gasteiger partial charge in [0.15, 0.2) is 5.78 Å². The molecule has 1 rings (SSSR count). The van der Waals surface area contributed by atoms with Crippen LogP contribution in [0.4, 0.5) is 0 Å². The highest BCUT2D eigenvalue weighted by Crippen LogP contribution is 2.55. The summed E-state index contributed by atoms with van der Waals surface area (Å²) >= 11 is 0. The van der Waals surface area contributed by atoms with Crippen molar-refractivity contribution in [2.45, 2.75) is 38.7 Å². The first-order chi connectivity index (χ1) is 11.0. The van der Waals surface area contributed by atoms with Crippen LogP contribution in [0.1, 0.15) is 32.6 Å². The first-order valence-corrected chi connectivity index (χ1v) is 9.88. The molecule has 1 aliphatic carbocycles. The van der Waals surface area contributed by atoms with Crippen molar-refractivity contribution in [1.29, 1.82) is 0 Å². The van der Waals surface area contributed by atoms with E-state index in [4.69, 9.17) is 18.0 Å². The number of esters is 1. The van der Waals surface area contributed by atoms with Gasteiger partial charge < -0.3 is 18.0 Å². The maximum absolute atomic E-state index is 12.5. The first-order valence-electron chi connectivity index (χ1n) is 7.94. The second-order valence-corrected chi connectivity index (χ2v) is 8.75. The van der Waals surface area contributed by atoms with Crippen molar-refractivity contribution in [3.05, 3.63) is 12.7 Å². The van der Waals surface area contributed by atoms with E-state index in [0.29, 0.717) is 25.3 Å². The van der Waals surface area contributed by atoms with E-state index in [-0.39, 0.29) is 18.3 Å². The van der Waals surface area contributed by atoms with Crippen molar-refractivity contribution in [2.75, 3.05) is 27.9 Å². The van der Waals surface area contributed by atoms with E-state index in [1.807, 2.05) is 0 Å². The molecular weight excluding hydrogens is 316 g/mol. The van der Waals surface area contributed by atoms with Crippen LogP contribution >= 0.6 is 0 Å². The van der Waals surface area contributed by atoms with Crippen LogP contribution in [-0.4, -0.2) is 48.5 Å². The van der Waals surface area contributed by atoms with Crippen molar-refractivity contribution in [2.24, 2.45) is 11.3 Å². The maximum atomic E-state index is 12.5. The average molecular weight is 344 g/mol. The van der Waals surface area contributed by atoms with Crippen LogP contribution in [0.5, 0.6) is 0 Å². The molecule has 6 nitrogen and oxygen atoms in total. The molecule has 0 N–H and O–H groups in total. The molecule has 2 atom stereocenters. The highest BCUT2D eigenvalue weighted by atomic mass is 28.4. The van der Waals surface area contributed by atoms with E-state index in [1.54, 1.807) is 34.3 Å². The van der Waals surface area contributed by atoms with Crippen molar-refractivity contribution in [3.63, 3.8) is 0 Å². The van der Waals surface area contributed by atoms with Crippen LogP contribution in [0.2, 0.25) is 6.04 Å². The van der Waals surface area contributed by atoms with Crippen molar-refractivity contribution in [3.8, 4) is 0 Å². The number of carbonyl (C=O) groups excluding carboxylic acids is 2. The Hall–Kier alpha value is -1.02. The van der Waals surface area contributed by atoms with Gasteiger partial charge in [-0.05, 0) is 26.2 Å². The zero-order valence-corrected chi connectivity index (χ0v) is 15.6. The maximum Gasteiger partial charge on any atom is 0.500 e. The lowest BCUT2D eigenvalue weighted by Crippen LogP contribution is -2.42. The van der Waals surface area contributed by atoms with Crippen LogP contribution < -0.4 is 0 Å². The molecule has 23 heavy (non-hydrogen) atoms. The number of rotatable bonds is 12. The molecule has 0 saturated heterocycles. The molecule has 0 aromatic carbocycles. The minimum atomic E-state index is -2.59. The molecule has 0 amide bonds. The molecule has 1 aliphatic rings. The van der Waals surface area contributed by atoms with Crippen LogP contribution in [0.25, 0.3) is 0 Å². The normalized spacial score (nSPS) is 23.4. The Labute approximate surface area is 139 Å². The Bertz CT molecular complexity index is 426. The molecule has 0 aromatic rings. The Kier molecular flexibility index (Phi) is 7.59. The van der Waals surface area contributed by atoms with Gasteiger partial charge in [0, 0.05) is 39.7 Å². The summed E-state index contributed by atoms with van der Waals surface area (Å²) in [5.74, 6) is -0.566. The molecule has 2 unspecified atom stereocenters. The number of Topliss-reactive ketones (excluding diaryl/α,β-unsaturated/α-hetero) is 1. The van der Waals surface area contributed by atoms with E-state index >= 15 is 0 Å². The molecule has 0 radical (unpaired) electrons. The number of unbranched alkanes of at least 4 members (excludes halogenated alkanes) is 1. The summed E-state index contributed by atoms with van der Waals surface area (Å²) in [4.78, 5) is 24.6. The van der Waals surface area contributed by atoms with Crippen LogP contribution in [-0.2, 0) is 27.6 Å². The number of hydrogen-bond donors (Lipinski definition) is 0. The highest BCUT2D eigenvalue weighted by molar-refractivity contribution is 6.60. The molecule has 0 heterocycles. The second-order valence-electron chi connectivity index (χ2n) is 5.66. The monoisotopic (exact) mass is 344 g/mol. The molecule has 0 bridgehead atoms. The summed E-state index contributed by atoms with van der Waals surface area (Å²) in [6, 6.07) is 0.640. The molecule has 1 saturated carbocycles. The van der Waals surface area contributed by atoms with Crippen molar-refractivity contribution >= 4 is 20.6 Å². The summed E-state index contributed by atoms with van der Waals surface area (Å²) in [6.45, 7) is 5.72. The first kappa shape index (κ1) is 20.0. The van der Waals surface area contributed by atoms with Gasteiger partial charge in [-0.3, -0.25) is 9.59 Å². The Balaban J connectivity index is 2.52. The minimum absolute atomic E-state index is 0.0552. The third-order valence-electron chi connectivity index (χ3n) is 4.51. The second kappa shape index (κ2) is 8.72. The van der Waals surface area contributed by atoms with Gasteiger partial charge in [-0.15, -0.1) is 6.58 Å². The largest absolute Gasteiger partial charge is 0.500 e. The summed E-state index contributed by atoms with van der Waals surface area (Å²) < 4.78 is 21.1. The predicted octanol–water partition coefficient (Wildman–Crippen LogP) is 2.36. The zero-order chi connectivity index (χ0) is 17.5. The average Bonchev–Trinajstić information content (AvgIpc) is 3.32. The Morgan fingerprint density at radius 1 is 1.22 bits per heavy atom. The highest BCUT2D eigenvalue weighted by Gasteiger charge is 2.64. The standard InChI is InChI=1S/C16H28O6Si/c1-6-13-12-16(13,15(18)22-7-2)14(17)10-8-9-11-23(19-3,20-4)21-5/h6,13H,1,7-12H2,2-5H3. The van der Waals surface area contributed by atoms with E-state index in [2.05, 4.69) is 6.58 Å².